The Kier molecular flexibility index (Phi) is 3.74. The molecule has 0 unspecified atom stereocenters. The Morgan fingerprint density at radius 2 is 1.20 bits per heavy atom. The third kappa shape index (κ3) is 2.50. The van der Waals surface area contributed by atoms with Gasteiger partial charge in [0, 0.05) is 12.1 Å². The van der Waals surface area contributed by atoms with E-state index in [2.05, 4.69) is 0 Å². The van der Waals surface area contributed by atoms with Crippen molar-refractivity contribution in [3.63, 3.8) is 0 Å². The zero-order valence-electron chi connectivity index (χ0n) is 9.58. The number of hydrogen-bond acceptors (Lipinski definition) is 0. The Morgan fingerprint density at radius 1 is 0.600 bits per heavy atom. The fourth-order valence-electron chi connectivity index (χ4n) is 1.69. The van der Waals surface area contributed by atoms with E-state index in [1.807, 2.05) is 0 Å². The number of rotatable bonds is 2. The standard InChI is InChI=1S/C12H4BF7/c14-4-1-5(10(18)7(16)2-4)13-9-6(15)3-8(17)11(19)12(9)20/h1-3,13H. The van der Waals surface area contributed by atoms with Crippen LogP contribution in [0.1, 0.15) is 0 Å². The minimum atomic E-state index is -1.95. The molecule has 0 aliphatic heterocycles. The summed E-state index contributed by atoms with van der Waals surface area (Å²) in [6.07, 6.45) is 0. The SMILES string of the molecule is Fc1cc(F)c(F)c(Bc2c(F)cc(F)c(F)c2F)c1. The summed E-state index contributed by atoms with van der Waals surface area (Å²) in [5, 5.41) is 0. The monoisotopic (exact) mass is 292 g/mol. The zero-order chi connectivity index (χ0) is 15.0. The number of hydrogen-bond donors (Lipinski definition) is 0. The summed E-state index contributed by atoms with van der Waals surface area (Å²) in [4.78, 5) is 0. The lowest BCUT2D eigenvalue weighted by molar-refractivity contribution is 0.440. The molecule has 2 aromatic carbocycles. The molecule has 104 valence electrons. The summed E-state index contributed by atoms with van der Waals surface area (Å²) < 4.78 is 91.7. The van der Waals surface area contributed by atoms with E-state index >= 15 is 0 Å². The van der Waals surface area contributed by atoms with Gasteiger partial charge in [0.2, 0.25) is 7.28 Å². The van der Waals surface area contributed by atoms with Gasteiger partial charge in [-0.15, -0.1) is 0 Å². The van der Waals surface area contributed by atoms with Crippen LogP contribution in [0.4, 0.5) is 30.7 Å². The molecule has 0 saturated heterocycles. The lowest BCUT2D eigenvalue weighted by atomic mass is 9.63. The molecule has 8 heteroatoms. The second kappa shape index (κ2) is 5.18. The van der Waals surface area contributed by atoms with Crippen LogP contribution < -0.4 is 10.9 Å². The van der Waals surface area contributed by atoms with E-state index in [9.17, 15) is 30.7 Å². The van der Waals surface area contributed by atoms with Crippen molar-refractivity contribution in [2.45, 2.75) is 0 Å². The maximum absolute atomic E-state index is 13.4. The molecule has 0 bridgehead atoms. The molecule has 0 aliphatic carbocycles. The van der Waals surface area contributed by atoms with Gasteiger partial charge in [-0.1, -0.05) is 0 Å². The van der Waals surface area contributed by atoms with E-state index in [4.69, 9.17) is 0 Å². The van der Waals surface area contributed by atoms with Gasteiger partial charge in [-0.05, 0) is 17.0 Å². The minimum absolute atomic E-state index is 0.0707. The van der Waals surface area contributed by atoms with E-state index in [1.165, 1.54) is 0 Å². The molecule has 0 nitrogen and oxygen atoms in total. The van der Waals surface area contributed by atoms with Gasteiger partial charge < -0.3 is 0 Å². The van der Waals surface area contributed by atoms with Gasteiger partial charge in [0.1, 0.15) is 11.6 Å². The van der Waals surface area contributed by atoms with E-state index in [0.29, 0.717) is 6.07 Å². The van der Waals surface area contributed by atoms with Gasteiger partial charge in [-0.3, -0.25) is 0 Å². The Morgan fingerprint density at radius 3 is 1.85 bits per heavy atom. The third-order valence-corrected chi connectivity index (χ3v) is 2.64. The van der Waals surface area contributed by atoms with Crippen LogP contribution in [0.25, 0.3) is 0 Å². The first kappa shape index (κ1) is 14.4. The average Bonchev–Trinajstić information content (AvgIpc) is 2.37. The predicted molar refractivity (Wildman–Crippen MR) is 59.0 cm³/mol. The van der Waals surface area contributed by atoms with Crippen molar-refractivity contribution in [1.29, 1.82) is 0 Å². The van der Waals surface area contributed by atoms with Gasteiger partial charge >= 0.3 is 0 Å². The molecule has 0 aromatic heterocycles. The maximum atomic E-state index is 13.4. The van der Waals surface area contributed by atoms with Crippen LogP contribution in [0.15, 0.2) is 18.2 Å². The topological polar surface area (TPSA) is 0 Å². The van der Waals surface area contributed by atoms with Crippen LogP contribution in [-0.2, 0) is 0 Å². The Labute approximate surface area is 109 Å². The average molecular weight is 292 g/mol. The summed E-state index contributed by atoms with van der Waals surface area (Å²) >= 11 is 0. The molecule has 0 aliphatic rings. The highest BCUT2D eigenvalue weighted by atomic mass is 19.2. The van der Waals surface area contributed by atoms with Gasteiger partial charge in [0.15, 0.2) is 29.1 Å². The molecule has 0 atom stereocenters. The largest absolute Gasteiger partial charge is 0.207 e. The Hall–Kier alpha value is -1.99. The molecule has 0 N–H and O–H groups in total. The molecule has 0 saturated carbocycles. The van der Waals surface area contributed by atoms with Crippen molar-refractivity contribution >= 4 is 18.2 Å². The van der Waals surface area contributed by atoms with Crippen LogP contribution in [0.5, 0.6) is 0 Å². The van der Waals surface area contributed by atoms with Crippen molar-refractivity contribution in [1.82, 2.24) is 0 Å². The molecule has 0 heterocycles. The summed E-state index contributed by atoms with van der Waals surface area (Å²) in [7, 11) is -0.963. The van der Waals surface area contributed by atoms with E-state index in [-0.39, 0.29) is 12.1 Å². The second-order valence-electron chi connectivity index (χ2n) is 3.98. The van der Waals surface area contributed by atoms with Crippen molar-refractivity contribution < 1.29 is 30.7 Å². The lowest BCUT2D eigenvalue weighted by Crippen LogP contribution is -2.36. The van der Waals surface area contributed by atoms with E-state index in [0.717, 1.165) is 0 Å². The number of halogens is 7. The smallest absolute Gasteiger partial charge is 0.204 e. The fraction of sp³-hybridized carbons (Fsp3) is 0. The third-order valence-electron chi connectivity index (χ3n) is 2.64. The normalized spacial score (nSPS) is 10.8. The second-order valence-corrected chi connectivity index (χ2v) is 3.98. The molecule has 20 heavy (non-hydrogen) atoms. The first-order valence-corrected chi connectivity index (χ1v) is 5.26. The highest BCUT2D eigenvalue weighted by Gasteiger charge is 2.22. The van der Waals surface area contributed by atoms with Crippen LogP contribution in [-0.4, -0.2) is 7.28 Å². The minimum Gasteiger partial charge on any atom is -0.207 e. The molecule has 0 amide bonds. The molecule has 0 fully saturated rings. The molecule has 2 rings (SSSR count). The summed E-state index contributed by atoms with van der Waals surface area (Å²) in [5.41, 5.74) is -1.74. The quantitative estimate of drug-likeness (QED) is 0.344. The highest BCUT2D eigenvalue weighted by Crippen LogP contribution is 2.11. The zero-order valence-corrected chi connectivity index (χ0v) is 9.58. The van der Waals surface area contributed by atoms with Crippen molar-refractivity contribution in [3.8, 4) is 0 Å². The lowest BCUT2D eigenvalue weighted by Gasteiger charge is -2.07. The van der Waals surface area contributed by atoms with Crippen LogP contribution >= 0.6 is 0 Å². The van der Waals surface area contributed by atoms with Crippen LogP contribution in [0.2, 0.25) is 0 Å². The highest BCUT2D eigenvalue weighted by molar-refractivity contribution is 6.67. The van der Waals surface area contributed by atoms with Crippen LogP contribution in [0, 0.1) is 40.7 Å². The molecular formula is C12H4BF7. The number of benzene rings is 2. The molecule has 0 spiro atoms. The molecule has 2 aromatic rings. The van der Waals surface area contributed by atoms with Gasteiger partial charge in [0.25, 0.3) is 0 Å². The predicted octanol–water partition coefficient (Wildman–Crippen LogP) is 2.05. The Balaban J connectivity index is 2.54. The summed E-state index contributed by atoms with van der Waals surface area (Å²) in [6, 6.07) is 0.830. The van der Waals surface area contributed by atoms with Crippen molar-refractivity contribution in [3.05, 3.63) is 58.9 Å². The van der Waals surface area contributed by atoms with Gasteiger partial charge in [0.05, 0.1) is 0 Å². The first-order valence-electron chi connectivity index (χ1n) is 5.26. The first-order chi connectivity index (χ1) is 9.31. The van der Waals surface area contributed by atoms with Gasteiger partial charge in [-0.2, -0.15) is 0 Å². The molecular weight excluding hydrogens is 288 g/mol. The fourth-order valence-corrected chi connectivity index (χ4v) is 1.69. The summed E-state index contributed by atoms with van der Waals surface area (Å²) in [6.45, 7) is 0. The van der Waals surface area contributed by atoms with Crippen LogP contribution in [0.3, 0.4) is 0 Å². The summed E-state index contributed by atoms with van der Waals surface area (Å²) in [5.74, 6) is -11.3. The van der Waals surface area contributed by atoms with E-state index in [1.54, 1.807) is 0 Å². The van der Waals surface area contributed by atoms with Gasteiger partial charge in [-0.25, -0.2) is 30.7 Å². The van der Waals surface area contributed by atoms with E-state index < -0.39 is 58.9 Å². The maximum Gasteiger partial charge on any atom is 0.204 e. The Bertz CT molecular complexity index is 684. The molecule has 0 radical (unpaired) electrons. The van der Waals surface area contributed by atoms with Crippen molar-refractivity contribution in [2.75, 3.05) is 0 Å². The van der Waals surface area contributed by atoms with Crippen molar-refractivity contribution in [2.24, 2.45) is 0 Å².